The van der Waals surface area contributed by atoms with Crippen LogP contribution in [0.4, 0.5) is 13.2 Å². The van der Waals surface area contributed by atoms with E-state index in [0.29, 0.717) is 6.04 Å². The van der Waals surface area contributed by atoms with Crippen LogP contribution in [0, 0.1) is 0 Å². The van der Waals surface area contributed by atoms with Gasteiger partial charge >= 0.3 is 12.2 Å². The normalized spacial score (nSPS) is 23.9. The van der Waals surface area contributed by atoms with E-state index in [2.05, 4.69) is 14.9 Å². The fourth-order valence-electron chi connectivity index (χ4n) is 2.38. The first kappa shape index (κ1) is 15.0. The molecule has 1 saturated carbocycles. The molecule has 0 aromatic carbocycles. The van der Waals surface area contributed by atoms with Crippen molar-refractivity contribution in [3.63, 3.8) is 0 Å². The number of alkyl halides is 3. The van der Waals surface area contributed by atoms with Crippen LogP contribution in [-0.4, -0.2) is 41.1 Å². The third-order valence-electron chi connectivity index (χ3n) is 3.57. The van der Waals surface area contributed by atoms with E-state index in [1.165, 1.54) is 0 Å². The fourth-order valence-corrected chi connectivity index (χ4v) is 2.38. The maximum absolute atomic E-state index is 12.5. The number of ether oxygens (including phenoxy) is 1. The van der Waals surface area contributed by atoms with Crippen molar-refractivity contribution in [2.75, 3.05) is 14.1 Å². The molecule has 112 valence electrons. The van der Waals surface area contributed by atoms with Crippen molar-refractivity contribution < 1.29 is 17.9 Å². The Morgan fingerprint density at radius 1 is 1.20 bits per heavy atom. The second-order valence-corrected chi connectivity index (χ2v) is 5.23. The van der Waals surface area contributed by atoms with E-state index < -0.39 is 11.9 Å². The van der Waals surface area contributed by atoms with E-state index in [0.717, 1.165) is 37.9 Å². The number of hydrogen-bond acceptors (Lipinski definition) is 4. The Labute approximate surface area is 116 Å². The lowest BCUT2D eigenvalue weighted by Gasteiger charge is -2.32. The van der Waals surface area contributed by atoms with Crippen LogP contribution in [0.15, 0.2) is 12.3 Å². The molecule has 0 atom stereocenters. The minimum Gasteiger partial charge on any atom is -0.460 e. The van der Waals surface area contributed by atoms with E-state index in [1.54, 1.807) is 0 Å². The number of hydrogen-bond donors (Lipinski definition) is 0. The van der Waals surface area contributed by atoms with E-state index in [1.807, 2.05) is 14.1 Å². The highest BCUT2D eigenvalue weighted by molar-refractivity contribution is 5.09. The Morgan fingerprint density at radius 3 is 2.40 bits per heavy atom. The molecule has 20 heavy (non-hydrogen) atoms. The average Bonchev–Trinajstić information content (AvgIpc) is 2.38. The Hall–Kier alpha value is -1.37. The molecule has 1 heterocycles. The molecule has 0 N–H and O–H groups in total. The van der Waals surface area contributed by atoms with Crippen LogP contribution in [0.1, 0.15) is 31.4 Å². The van der Waals surface area contributed by atoms with Crippen molar-refractivity contribution in [3.8, 4) is 6.01 Å². The smallest absolute Gasteiger partial charge is 0.433 e. The monoisotopic (exact) mass is 289 g/mol. The molecule has 0 spiro atoms. The first-order valence-corrected chi connectivity index (χ1v) is 6.59. The summed E-state index contributed by atoms with van der Waals surface area (Å²) in [6, 6.07) is 1.17. The van der Waals surface area contributed by atoms with Gasteiger partial charge in [-0.2, -0.15) is 18.2 Å². The van der Waals surface area contributed by atoms with Gasteiger partial charge in [-0.15, -0.1) is 0 Å². The second-order valence-electron chi connectivity index (χ2n) is 5.23. The maximum Gasteiger partial charge on any atom is 0.433 e. The highest BCUT2D eigenvalue weighted by Crippen LogP contribution is 2.29. The molecule has 1 fully saturated rings. The summed E-state index contributed by atoms with van der Waals surface area (Å²) in [6.07, 6.45) is 0.0629. The molecule has 0 unspecified atom stereocenters. The van der Waals surface area contributed by atoms with E-state index in [9.17, 15) is 13.2 Å². The molecule has 0 amide bonds. The summed E-state index contributed by atoms with van der Waals surface area (Å²) in [5, 5.41) is 0. The van der Waals surface area contributed by atoms with Crippen molar-refractivity contribution in [1.82, 2.24) is 14.9 Å². The molecule has 0 aliphatic heterocycles. The predicted molar refractivity (Wildman–Crippen MR) is 67.4 cm³/mol. The third kappa shape index (κ3) is 3.82. The topological polar surface area (TPSA) is 38.2 Å². The molecular weight excluding hydrogens is 271 g/mol. The van der Waals surface area contributed by atoms with Gasteiger partial charge in [0.2, 0.25) is 0 Å². The van der Waals surface area contributed by atoms with Gasteiger partial charge in [0.1, 0.15) is 6.10 Å². The van der Waals surface area contributed by atoms with Gasteiger partial charge in [0.05, 0.1) is 0 Å². The second kappa shape index (κ2) is 5.95. The molecule has 2 rings (SSSR count). The fraction of sp³-hybridized carbons (Fsp3) is 0.692. The first-order valence-electron chi connectivity index (χ1n) is 6.59. The Kier molecular flexibility index (Phi) is 4.47. The quantitative estimate of drug-likeness (QED) is 0.857. The van der Waals surface area contributed by atoms with Crippen LogP contribution in [0.25, 0.3) is 0 Å². The molecule has 0 bridgehead atoms. The van der Waals surface area contributed by atoms with Gasteiger partial charge in [0.15, 0.2) is 5.69 Å². The first-order chi connectivity index (χ1) is 9.36. The zero-order valence-electron chi connectivity index (χ0n) is 11.5. The Morgan fingerprint density at radius 2 is 1.85 bits per heavy atom. The van der Waals surface area contributed by atoms with Crippen molar-refractivity contribution in [3.05, 3.63) is 18.0 Å². The van der Waals surface area contributed by atoms with Crippen molar-refractivity contribution in [1.29, 1.82) is 0 Å². The van der Waals surface area contributed by atoms with Gasteiger partial charge in [0.25, 0.3) is 0 Å². The lowest BCUT2D eigenvalue weighted by molar-refractivity contribution is -0.141. The van der Waals surface area contributed by atoms with E-state index in [-0.39, 0.29) is 12.1 Å². The molecule has 0 radical (unpaired) electrons. The average molecular weight is 289 g/mol. The van der Waals surface area contributed by atoms with Gasteiger partial charge in [0, 0.05) is 12.2 Å². The molecule has 1 aromatic heterocycles. The SMILES string of the molecule is CN(C)C1CCC(Oc2nccc(C(F)(F)F)n2)CC1. The highest BCUT2D eigenvalue weighted by Gasteiger charge is 2.33. The Bertz CT molecular complexity index is 443. The van der Waals surface area contributed by atoms with Crippen LogP contribution in [0.5, 0.6) is 6.01 Å². The maximum atomic E-state index is 12.5. The van der Waals surface area contributed by atoms with Gasteiger partial charge in [-0.1, -0.05) is 0 Å². The van der Waals surface area contributed by atoms with Crippen molar-refractivity contribution in [2.45, 2.75) is 44.0 Å². The Balaban J connectivity index is 1.95. The largest absolute Gasteiger partial charge is 0.460 e. The van der Waals surface area contributed by atoms with Crippen molar-refractivity contribution >= 4 is 0 Å². The molecule has 4 nitrogen and oxygen atoms in total. The van der Waals surface area contributed by atoms with Crippen LogP contribution in [0.3, 0.4) is 0 Å². The third-order valence-corrected chi connectivity index (χ3v) is 3.57. The summed E-state index contributed by atoms with van der Waals surface area (Å²) in [5.74, 6) is 0. The summed E-state index contributed by atoms with van der Waals surface area (Å²) in [7, 11) is 4.06. The number of halogens is 3. The molecule has 1 aliphatic carbocycles. The minimum atomic E-state index is -4.47. The summed E-state index contributed by atoms with van der Waals surface area (Å²) in [4.78, 5) is 9.34. The zero-order valence-corrected chi connectivity index (χ0v) is 11.5. The van der Waals surface area contributed by atoms with Crippen LogP contribution in [-0.2, 0) is 6.18 Å². The summed E-state index contributed by atoms with van der Waals surface area (Å²) in [6.45, 7) is 0. The van der Waals surface area contributed by atoms with Crippen LogP contribution in [0.2, 0.25) is 0 Å². The van der Waals surface area contributed by atoms with Crippen molar-refractivity contribution in [2.24, 2.45) is 0 Å². The molecule has 1 aliphatic rings. The van der Waals surface area contributed by atoms with Crippen LogP contribution >= 0.6 is 0 Å². The summed E-state index contributed by atoms with van der Waals surface area (Å²) < 4.78 is 43.1. The lowest BCUT2D eigenvalue weighted by atomic mass is 9.92. The van der Waals surface area contributed by atoms with E-state index >= 15 is 0 Å². The zero-order chi connectivity index (χ0) is 14.8. The van der Waals surface area contributed by atoms with Gasteiger partial charge < -0.3 is 9.64 Å². The van der Waals surface area contributed by atoms with Crippen LogP contribution < -0.4 is 4.74 Å². The molecule has 1 aromatic rings. The van der Waals surface area contributed by atoms with Gasteiger partial charge in [-0.3, -0.25) is 0 Å². The molecule has 7 heteroatoms. The summed E-state index contributed by atoms with van der Waals surface area (Å²) in [5.41, 5.74) is -0.968. The molecular formula is C13H18F3N3O. The predicted octanol–water partition coefficient (Wildman–Crippen LogP) is 2.75. The standard InChI is InChI=1S/C13H18F3N3O/c1-19(2)9-3-5-10(6-4-9)20-12-17-8-7-11(18-12)13(14,15)16/h7-10H,3-6H2,1-2H3. The number of nitrogens with zero attached hydrogens (tertiary/aromatic N) is 3. The minimum absolute atomic E-state index is 0.102. The summed E-state index contributed by atoms with van der Waals surface area (Å²) >= 11 is 0. The van der Waals surface area contributed by atoms with Gasteiger partial charge in [-0.25, -0.2) is 4.98 Å². The number of aromatic nitrogens is 2. The van der Waals surface area contributed by atoms with E-state index in [4.69, 9.17) is 4.74 Å². The lowest BCUT2D eigenvalue weighted by Crippen LogP contribution is -2.35. The van der Waals surface area contributed by atoms with Gasteiger partial charge in [-0.05, 0) is 45.8 Å². The highest BCUT2D eigenvalue weighted by atomic mass is 19.4. The number of rotatable bonds is 3. The molecule has 0 saturated heterocycles.